The van der Waals surface area contributed by atoms with E-state index in [4.69, 9.17) is 0 Å². The van der Waals surface area contributed by atoms with Crippen molar-refractivity contribution in [3.8, 4) is 0 Å². The lowest BCUT2D eigenvalue weighted by Crippen LogP contribution is -2.26. The molecule has 0 bridgehead atoms. The number of H-pyrrole nitrogens is 1. The first-order valence-corrected chi connectivity index (χ1v) is 7.91. The predicted octanol–water partition coefficient (Wildman–Crippen LogP) is 2.88. The quantitative estimate of drug-likeness (QED) is 0.610. The maximum absolute atomic E-state index is 11.9. The number of aromatic nitrogens is 1. The van der Waals surface area contributed by atoms with E-state index >= 15 is 0 Å². The number of nitrogens with one attached hydrogen (secondary N) is 2. The van der Waals surface area contributed by atoms with Crippen molar-refractivity contribution in [3.05, 3.63) is 59.4 Å². The van der Waals surface area contributed by atoms with Gasteiger partial charge in [-0.25, -0.2) is 0 Å². The Kier molecular flexibility index (Phi) is 5.63. The largest absolute Gasteiger partial charge is 0.356 e. The summed E-state index contributed by atoms with van der Waals surface area (Å²) >= 11 is 1.77. The molecule has 5 heteroatoms. The van der Waals surface area contributed by atoms with E-state index in [1.165, 1.54) is 12.5 Å². The molecule has 2 N–H and O–H groups in total. The second-order valence-electron chi connectivity index (χ2n) is 4.65. The molecule has 0 aliphatic rings. The fourth-order valence-electron chi connectivity index (χ4n) is 1.82. The van der Waals surface area contributed by atoms with Crippen molar-refractivity contribution in [1.29, 1.82) is 0 Å². The Morgan fingerprint density at radius 1 is 1.24 bits per heavy atom. The highest BCUT2D eigenvalue weighted by molar-refractivity contribution is 7.98. The molecule has 2 aromatic rings. The molecule has 0 aliphatic heterocycles. The first-order valence-electron chi connectivity index (χ1n) is 6.76. The molecule has 0 aliphatic carbocycles. The molecular formula is C16H18N2O2S. The van der Waals surface area contributed by atoms with Gasteiger partial charge in [0.05, 0.1) is 0 Å². The Morgan fingerprint density at radius 3 is 2.67 bits per heavy atom. The third-order valence-electron chi connectivity index (χ3n) is 2.98. The van der Waals surface area contributed by atoms with Crippen molar-refractivity contribution >= 4 is 23.5 Å². The van der Waals surface area contributed by atoms with Crippen molar-refractivity contribution in [2.45, 2.75) is 12.7 Å². The van der Waals surface area contributed by atoms with Crippen LogP contribution in [-0.2, 0) is 5.75 Å². The molecule has 0 unspecified atom stereocenters. The second-order valence-corrected chi connectivity index (χ2v) is 5.76. The summed E-state index contributed by atoms with van der Waals surface area (Å²) in [5.41, 5.74) is 2.23. The highest BCUT2D eigenvalue weighted by Crippen LogP contribution is 2.10. The summed E-state index contributed by atoms with van der Waals surface area (Å²) in [4.78, 5) is 25.8. The predicted molar refractivity (Wildman–Crippen MR) is 85.7 cm³/mol. The molecule has 1 aromatic carbocycles. The molecule has 0 saturated carbocycles. The van der Waals surface area contributed by atoms with Crippen LogP contribution in [0.3, 0.4) is 0 Å². The Hall–Kier alpha value is -2.01. The summed E-state index contributed by atoms with van der Waals surface area (Å²) in [6.45, 7) is 2.08. The maximum atomic E-state index is 11.9. The van der Waals surface area contributed by atoms with Crippen molar-refractivity contribution in [2.24, 2.45) is 0 Å². The number of benzene rings is 1. The molecule has 0 atom stereocenters. The summed E-state index contributed by atoms with van der Waals surface area (Å²) in [5, 5.41) is 2.84. The molecule has 110 valence electrons. The Balaban J connectivity index is 1.68. The van der Waals surface area contributed by atoms with E-state index in [1.807, 2.05) is 18.2 Å². The summed E-state index contributed by atoms with van der Waals surface area (Å²) < 4.78 is 0. The number of amides is 1. The number of hydrogen-bond acceptors (Lipinski definition) is 3. The molecule has 1 aromatic heterocycles. The number of carbonyl (C=O) groups excluding carboxylic acids is 2. The van der Waals surface area contributed by atoms with E-state index in [2.05, 4.69) is 22.4 Å². The van der Waals surface area contributed by atoms with Gasteiger partial charge in [-0.1, -0.05) is 30.3 Å². The fraction of sp³-hybridized carbons (Fsp3) is 0.250. The highest BCUT2D eigenvalue weighted by atomic mass is 32.2. The normalized spacial score (nSPS) is 10.3. The lowest BCUT2D eigenvalue weighted by atomic mass is 10.2. The van der Waals surface area contributed by atoms with Gasteiger partial charge in [-0.05, 0) is 18.6 Å². The Bertz CT molecular complexity index is 608. The summed E-state index contributed by atoms with van der Waals surface area (Å²) in [5.74, 6) is 1.56. The number of Topliss-reactive ketones (excluding diaryl/α,β-unsaturated/α-hetero) is 1. The van der Waals surface area contributed by atoms with Crippen LogP contribution < -0.4 is 5.32 Å². The first-order chi connectivity index (χ1) is 10.2. The molecule has 1 amide bonds. The van der Waals surface area contributed by atoms with Gasteiger partial charge in [-0.3, -0.25) is 9.59 Å². The van der Waals surface area contributed by atoms with Crippen LogP contribution >= 0.6 is 11.8 Å². The van der Waals surface area contributed by atoms with Crippen LogP contribution in [0.5, 0.6) is 0 Å². The summed E-state index contributed by atoms with van der Waals surface area (Å²) in [6, 6.07) is 11.8. The zero-order valence-electron chi connectivity index (χ0n) is 11.9. The van der Waals surface area contributed by atoms with E-state index in [-0.39, 0.29) is 11.7 Å². The van der Waals surface area contributed by atoms with Crippen molar-refractivity contribution in [3.63, 3.8) is 0 Å². The third-order valence-corrected chi connectivity index (χ3v) is 4.01. The number of rotatable bonds is 7. The zero-order chi connectivity index (χ0) is 15.1. The number of aromatic amines is 1. The molecule has 0 radical (unpaired) electrons. The minimum Gasteiger partial charge on any atom is -0.356 e. The SMILES string of the molecule is CC(=O)c1c[nH]c(C(=O)NCCSCc2ccccc2)c1. The highest BCUT2D eigenvalue weighted by Gasteiger charge is 2.09. The van der Waals surface area contributed by atoms with Gasteiger partial charge in [0.15, 0.2) is 5.78 Å². The molecule has 1 heterocycles. The van der Waals surface area contributed by atoms with Crippen LogP contribution in [0.25, 0.3) is 0 Å². The van der Waals surface area contributed by atoms with Gasteiger partial charge in [0.25, 0.3) is 5.91 Å². The molecule has 21 heavy (non-hydrogen) atoms. The van der Waals surface area contributed by atoms with E-state index in [0.29, 0.717) is 17.8 Å². The van der Waals surface area contributed by atoms with Crippen molar-refractivity contribution < 1.29 is 9.59 Å². The molecule has 4 nitrogen and oxygen atoms in total. The van der Waals surface area contributed by atoms with E-state index < -0.39 is 0 Å². The molecule has 0 saturated heterocycles. The van der Waals surface area contributed by atoms with Crippen molar-refractivity contribution in [2.75, 3.05) is 12.3 Å². The number of carbonyl (C=O) groups is 2. The third kappa shape index (κ3) is 4.79. The minimum atomic E-state index is -0.178. The monoisotopic (exact) mass is 302 g/mol. The van der Waals surface area contributed by atoms with E-state index in [0.717, 1.165) is 11.5 Å². The molecule has 0 spiro atoms. The molecule has 2 rings (SSSR count). The van der Waals surface area contributed by atoms with Gasteiger partial charge < -0.3 is 10.3 Å². The van der Waals surface area contributed by atoms with Gasteiger partial charge in [0.1, 0.15) is 5.69 Å². The summed E-state index contributed by atoms with van der Waals surface area (Å²) in [6.07, 6.45) is 1.56. The topological polar surface area (TPSA) is 62.0 Å². The Morgan fingerprint density at radius 2 is 2.00 bits per heavy atom. The zero-order valence-corrected chi connectivity index (χ0v) is 12.7. The molecular weight excluding hydrogens is 284 g/mol. The fourth-order valence-corrected chi connectivity index (χ4v) is 2.64. The van der Waals surface area contributed by atoms with Gasteiger partial charge >= 0.3 is 0 Å². The van der Waals surface area contributed by atoms with Crippen LogP contribution in [0.15, 0.2) is 42.6 Å². The van der Waals surface area contributed by atoms with Crippen molar-refractivity contribution in [1.82, 2.24) is 10.3 Å². The number of thioether (sulfide) groups is 1. The van der Waals surface area contributed by atoms with Crippen LogP contribution in [0.2, 0.25) is 0 Å². The first kappa shape index (κ1) is 15.4. The smallest absolute Gasteiger partial charge is 0.267 e. The van der Waals surface area contributed by atoms with Gasteiger partial charge in [-0.15, -0.1) is 0 Å². The average Bonchev–Trinajstić information content (AvgIpc) is 2.98. The Labute approximate surface area is 128 Å². The lowest BCUT2D eigenvalue weighted by molar-refractivity contribution is 0.0951. The van der Waals surface area contributed by atoms with Crippen LogP contribution in [-0.4, -0.2) is 29.0 Å². The summed E-state index contributed by atoms with van der Waals surface area (Å²) in [7, 11) is 0. The van der Waals surface area contributed by atoms with Crippen LogP contribution in [0.4, 0.5) is 0 Å². The number of hydrogen-bond donors (Lipinski definition) is 2. The van der Waals surface area contributed by atoms with E-state index in [9.17, 15) is 9.59 Å². The van der Waals surface area contributed by atoms with Crippen LogP contribution in [0.1, 0.15) is 33.3 Å². The second kappa shape index (κ2) is 7.69. The van der Waals surface area contributed by atoms with E-state index in [1.54, 1.807) is 24.0 Å². The molecule has 0 fully saturated rings. The lowest BCUT2D eigenvalue weighted by Gasteiger charge is -2.04. The minimum absolute atomic E-state index is 0.0521. The standard InChI is InChI=1S/C16H18N2O2S/c1-12(19)14-9-15(18-10-14)16(20)17-7-8-21-11-13-5-3-2-4-6-13/h2-6,9-10,18H,7-8,11H2,1H3,(H,17,20). The van der Waals surface area contributed by atoms with Gasteiger partial charge in [0.2, 0.25) is 0 Å². The maximum Gasteiger partial charge on any atom is 0.267 e. The van der Waals surface area contributed by atoms with Gasteiger partial charge in [-0.2, -0.15) is 11.8 Å². The van der Waals surface area contributed by atoms with Gasteiger partial charge in [0, 0.05) is 29.8 Å². The average molecular weight is 302 g/mol. The number of ketones is 1. The van der Waals surface area contributed by atoms with Crippen LogP contribution in [0, 0.1) is 0 Å².